The van der Waals surface area contributed by atoms with Crippen molar-refractivity contribution in [1.29, 1.82) is 0 Å². The highest BCUT2D eigenvalue weighted by Gasteiger charge is 2.20. The molecule has 0 aliphatic carbocycles. The van der Waals surface area contributed by atoms with Crippen LogP contribution in [0.4, 0.5) is 0 Å². The molecule has 0 unspecified atom stereocenters. The van der Waals surface area contributed by atoms with Gasteiger partial charge >= 0.3 is 0 Å². The van der Waals surface area contributed by atoms with Crippen molar-refractivity contribution in [2.75, 3.05) is 13.1 Å². The van der Waals surface area contributed by atoms with Gasteiger partial charge in [0.05, 0.1) is 15.4 Å². The third-order valence-electron chi connectivity index (χ3n) is 4.77. The average Bonchev–Trinajstić information content (AvgIpc) is 2.69. The Kier molecular flexibility index (Phi) is 6.98. The molecular formula is C23H26BrNO4. The number of nitrogens with zero attached hydrogens (tertiary/aromatic N) is 1. The van der Waals surface area contributed by atoms with Gasteiger partial charge in [-0.3, -0.25) is 9.69 Å². The molecule has 29 heavy (non-hydrogen) atoms. The Morgan fingerprint density at radius 3 is 2.45 bits per heavy atom. The number of hydrogen-bond acceptors (Lipinski definition) is 5. The number of halogens is 1. The highest BCUT2D eigenvalue weighted by molar-refractivity contribution is 9.10. The molecule has 1 heterocycles. The van der Waals surface area contributed by atoms with E-state index in [4.69, 9.17) is 9.15 Å². The van der Waals surface area contributed by atoms with Crippen molar-refractivity contribution in [2.45, 2.75) is 40.2 Å². The average molecular weight is 460 g/mol. The van der Waals surface area contributed by atoms with Crippen LogP contribution in [0.1, 0.15) is 38.0 Å². The van der Waals surface area contributed by atoms with E-state index in [1.54, 1.807) is 25.1 Å². The number of aryl methyl sites for hydroxylation is 1. The lowest BCUT2D eigenvalue weighted by Crippen LogP contribution is -2.25. The van der Waals surface area contributed by atoms with Crippen LogP contribution >= 0.6 is 15.9 Å². The minimum atomic E-state index is -0.252. The number of phenolic OH excluding ortho intramolecular Hbond substituents is 1. The second-order valence-corrected chi connectivity index (χ2v) is 7.92. The summed E-state index contributed by atoms with van der Waals surface area (Å²) in [5.74, 6) is 1.21. The van der Waals surface area contributed by atoms with Crippen LogP contribution in [0.2, 0.25) is 0 Å². The lowest BCUT2D eigenvalue weighted by atomic mass is 10.1. The fourth-order valence-corrected chi connectivity index (χ4v) is 3.79. The summed E-state index contributed by atoms with van der Waals surface area (Å²) < 4.78 is 12.7. The smallest absolute Gasteiger partial charge is 0.235 e. The Hall–Kier alpha value is -2.31. The second kappa shape index (κ2) is 9.46. The molecule has 0 saturated heterocycles. The largest absolute Gasteiger partial charge is 0.507 e. The third-order valence-corrected chi connectivity index (χ3v) is 5.43. The summed E-state index contributed by atoms with van der Waals surface area (Å²) in [4.78, 5) is 15.4. The summed E-state index contributed by atoms with van der Waals surface area (Å²) in [7, 11) is 0. The minimum absolute atomic E-state index is 0.136. The zero-order valence-electron chi connectivity index (χ0n) is 17.0. The van der Waals surface area contributed by atoms with Crippen LogP contribution in [-0.4, -0.2) is 23.1 Å². The number of phenols is 1. The van der Waals surface area contributed by atoms with Gasteiger partial charge in [-0.15, -0.1) is 0 Å². The molecule has 0 aliphatic heterocycles. The number of hydrogen-bond donors (Lipinski definition) is 1. The van der Waals surface area contributed by atoms with Gasteiger partial charge in [-0.2, -0.15) is 0 Å². The lowest BCUT2D eigenvalue weighted by molar-refractivity contribution is 0.262. The molecule has 5 nitrogen and oxygen atoms in total. The first-order valence-electron chi connectivity index (χ1n) is 9.89. The van der Waals surface area contributed by atoms with E-state index < -0.39 is 0 Å². The maximum absolute atomic E-state index is 13.2. The van der Waals surface area contributed by atoms with Gasteiger partial charge in [0.25, 0.3) is 0 Å². The van der Waals surface area contributed by atoms with Crippen LogP contribution in [-0.2, 0) is 6.54 Å². The number of aromatic hydroxyl groups is 1. The quantitative estimate of drug-likeness (QED) is 0.448. The molecule has 0 bridgehead atoms. The molecular weight excluding hydrogens is 434 g/mol. The van der Waals surface area contributed by atoms with Gasteiger partial charge in [0.1, 0.15) is 22.8 Å². The monoisotopic (exact) mass is 459 g/mol. The fourth-order valence-electron chi connectivity index (χ4n) is 3.43. The zero-order chi connectivity index (χ0) is 21.0. The molecule has 0 amide bonds. The molecule has 154 valence electrons. The first-order chi connectivity index (χ1) is 14.0. The van der Waals surface area contributed by atoms with Gasteiger partial charge in [-0.25, -0.2) is 0 Å². The number of benzene rings is 2. The van der Waals surface area contributed by atoms with Crippen LogP contribution < -0.4 is 10.2 Å². The number of fused-ring (bicyclic) bond motifs is 1. The summed E-state index contributed by atoms with van der Waals surface area (Å²) in [6.07, 6.45) is 2.02. The van der Waals surface area contributed by atoms with Crippen molar-refractivity contribution >= 4 is 26.9 Å². The van der Waals surface area contributed by atoms with E-state index in [2.05, 4.69) is 34.7 Å². The Balaban J connectivity index is 2.08. The Morgan fingerprint density at radius 2 is 1.79 bits per heavy atom. The summed E-state index contributed by atoms with van der Waals surface area (Å²) in [5, 5.41) is 10.9. The maximum atomic E-state index is 13.2. The van der Waals surface area contributed by atoms with E-state index in [-0.39, 0.29) is 16.9 Å². The van der Waals surface area contributed by atoms with E-state index in [0.29, 0.717) is 34.6 Å². The molecule has 2 aromatic carbocycles. The molecule has 0 saturated carbocycles. The first kappa shape index (κ1) is 21.4. The zero-order valence-corrected chi connectivity index (χ0v) is 18.6. The Bertz CT molecular complexity index is 1050. The van der Waals surface area contributed by atoms with Gasteiger partial charge in [-0.1, -0.05) is 26.0 Å². The summed E-state index contributed by atoms with van der Waals surface area (Å²) in [6.45, 7) is 8.31. The van der Waals surface area contributed by atoms with Crippen LogP contribution in [0.15, 0.2) is 50.1 Å². The SMILES string of the molecule is CCCN(CCC)Cc1c(O)ccc2c(=O)c(Oc3ccccc3Br)c(C)oc12. The number of ether oxygens (including phenoxy) is 1. The molecule has 6 heteroatoms. The van der Waals surface area contributed by atoms with Crippen molar-refractivity contribution in [2.24, 2.45) is 0 Å². The summed E-state index contributed by atoms with van der Waals surface area (Å²) >= 11 is 3.43. The normalized spacial score (nSPS) is 11.3. The topological polar surface area (TPSA) is 62.9 Å². The summed E-state index contributed by atoms with van der Waals surface area (Å²) in [5.41, 5.74) is 0.805. The number of para-hydroxylation sites is 1. The van der Waals surface area contributed by atoms with Gasteiger partial charge in [0, 0.05) is 6.54 Å². The standard InChI is InChI=1S/C23H26BrNO4/c1-4-12-25(13-5-2)14-17-19(26)11-10-16-21(27)22(15(3)28-23(16)17)29-20-9-7-6-8-18(20)24/h6-11,26H,4-5,12-14H2,1-3H3. The molecule has 0 spiro atoms. The van der Waals surface area contributed by atoms with Gasteiger partial charge in [-0.05, 0) is 73.1 Å². The van der Waals surface area contributed by atoms with Crippen molar-refractivity contribution in [1.82, 2.24) is 4.90 Å². The van der Waals surface area contributed by atoms with Crippen LogP contribution in [0, 0.1) is 6.92 Å². The third kappa shape index (κ3) is 4.65. The van der Waals surface area contributed by atoms with Crippen LogP contribution in [0.3, 0.4) is 0 Å². The van der Waals surface area contributed by atoms with Gasteiger partial charge in [0.2, 0.25) is 11.2 Å². The molecule has 1 aromatic heterocycles. The van der Waals surface area contributed by atoms with Crippen LogP contribution in [0.25, 0.3) is 11.0 Å². The fraction of sp³-hybridized carbons (Fsp3) is 0.348. The predicted octanol–water partition coefficient (Wildman–Crippen LogP) is 5.98. The van der Waals surface area contributed by atoms with E-state index in [1.807, 2.05) is 18.2 Å². The molecule has 0 radical (unpaired) electrons. The lowest BCUT2D eigenvalue weighted by Gasteiger charge is -2.22. The Morgan fingerprint density at radius 1 is 1.10 bits per heavy atom. The highest BCUT2D eigenvalue weighted by atomic mass is 79.9. The molecule has 3 rings (SSSR count). The molecule has 3 aromatic rings. The van der Waals surface area contributed by atoms with Crippen LogP contribution in [0.5, 0.6) is 17.2 Å². The van der Waals surface area contributed by atoms with Crippen molar-refractivity contribution in [3.63, 3.8) is 0 Å². The molecule has 0 atom stereocenters. The van der Waals surface area contributed by atoms with E-state index in [1.165, 1.54) is 0 Å². The molecule has 1 N–H and O–H groups in total. The second-order valence-electron chi connectivity index (χ2n) is 7.07. The summed E-state index contributed by atoms with van der Waals surface area (Å²) in [6, 6.07) is 10.5. The highest BCUT2D eigenvalue weighted by Crippen LogP contribution is 2.33. The Labute approximate surface area is 179 Å². The van der Waals surface area contributed by atoms with Gasteiger partial charge < -0.3 is 14.3 Å². The van der Waals surface area contributed by atoms with Crippen molar-refractivity contribution in [3.8, 4) is 17.2 Å². The van der Waals surface area contributed by atoms with E-state index >= 15 is 0 Å². The van der Waals surface area contributed by atoms with Gasteiger partial charge in [0.15, 0.2) is 0 Å². The minimum Gasteiger partial charge on any atom is -0.507 e. The first-order valence-corrected chi connectivity index (χ1v) is 10.7. The van der Waals surface area contributed by atoms with Crippen molar-refractivity contribution in [3.05, 3.63) is 62.4 Å². The van der Waals surface area contributed by atoms with E-state index in [0.717, 1.165) is 30.4 Å². The predicted molar refractivity (Wildman–Crippen MR) is 119 cm³/mol. The maximum Gasteiger partial charge on any atom is 0.235 e. The molecule has 0 fully saturated rings. The molecule has 0 aliphatic rings. The number of rotatable bonds is 8. The van der Waals surface area contributed by atoms with Crippen molar-refractivity contribution < 1.29 is 14.3 Å². The van der Waals surface area contributed by atoms with E-state index in [9.17, 15) is 9.90 Å².